The minimum atomic E-state index is -0.0557. The highest BCUT2D eigenvalue weighted by atomic mass is 16.5. The lowest BCUT2D eigenvalue weighted by atomic mass is 9.90. The maximum absolute atomic E-state index is 12.8. The molecule has 1 N–H and O–H groups in total. The van der Waals surface area contributed by atoms with Gasteiger partial charge < -0.3 is 15.0 Å². The van der Waals surface area contributed by atoms with Crippen molar-refractivity contribution < 1.29 is 14.3 Å². The molecule has 0 spiro atoms. The Hall–Kier alpha value is -2.66. The summed E-state index contributed by atoms with van der Waals surface area (Å²) in [7, 11) is 0. The fraction of sp³-hybridized carbons (Fsp3) is 0.417. The highest BCUT2D eigenvalue weighted by Gasteiger charge is 2.21. The number of rotatable bonds is 4. The van der Waals surface area contributed by atoms with Gasteiger partial charge >= 0.3 is 0 Å². The lowest BCUT2D eigenvalue weighted by Crippen LogP contribution is -2.41. The van der Waals surface area contributed by atoms with Gasteiger partial charge in [0.25, 0.3) is 5.91 Å². The fourth-order valence-corrected chi connectivity index (χ4v) is 4.22. The summed E-state index contributed by atoms with van der Waals surface area (Å²) in [6, 6.07) is 11.9. The molecule has 1 aliphatic carbocycles. The molecule has 0 radical (unpaired) electrons. The van der Waals surface area contributed by atoms with Crippen LogP contribution in [-0.2, 0) is 28.8 Å². The Morgan fingerprint density at radius 1 is 1.03 bits per heavy atom. The molecular weight excluding hydrogens is 364 g/mol. The van der Waals surface area contributed by atoms with Crippen LogP contribution in [0.15, 0.2) is 36.4 Å². The van der Waals surface area contributed by atoms with Crippen LogP contribution in [0, 0.1) is 6.92 Å². The van der Waals surface area contributed by atoms with Crippen molar-refractivity contribution in [3.63, 3.8) is 0 Å². The normalized spacial score (nSPS) is 16.2. The molecule has 0 unspecified atom stereocenters. The van der Waals surface area contributed by atoms with Crippen LogP contribution in [0.25, 0.3) is 0 Å². The molecule has 1 heterocycles. The van der Waals surface area contributed by atoms with Crippen molar-refractivity contribution in [2.45, 2.75) is 39.0 Å². The Labute approximate surface area is 172 Å². The number of ether oxygens (including phenoxy) is 1. The first-order chi connectivity index (χ1) is 14.1. The molecule has 29 heavy (non-hydrogen) atoms. The first kappa shape index (κ1) is 19.6. The number of carbonyl (C=O) groups is 2. The van der Waals surface area contributed by atoms with E-state index in [2.05, 4.69) is 23.5 Å². The third kappa shape index (κ3) is 4.51. The number of carbonyl (C=O) groups excluding carboxylic acids is 2. The standard InChI is InChI=1S/C24H28N2O3/c1-17-21(24(28)26-11-13-29-14-12-26)7-4-8-22(17)25-23(27)16-18-9-10-19-5-2-3-6-20(19)15-18/h4,7-10,15H,2-3,5-6,11-14,16H2,1H3,(H,25,27). The summed E-state index contributed by atoms with van der Waals surface area (Å²) >= 11 is 0. The lowest BCUT2D eigenvalue weighted by Gasteiger charge is -2.27. The maximum Gasteiger partial charge on any atom is 0.254 e. The van der Waals surface area contributed by atoms with Crippen molar-refractivity contribution >= 4 is 17.5 Å². The van der Waals surface area contributed by atoms with Crippen LogP contribution in [0.1, 0.15) is 45.5 Å². The van der Waals surface area contributed by atoms with E-state index >= 15 is 0 Å². The van der Waals surface area contributed by atoms with Gasteiger partial charge in [0.05, 0.1) is 19.6 Å². The van der Waals surface area contributed by atoms with Gasteiger partial charge in [0, 0.05) is 24.3 Å². The minimum Gasteiger partial charge on any atom is -0.378 e. The number of morpholine rings is 1. The zero-order chi connectivity index (χ0) is 20.2. The van der Waals surface area contributed by atoms with Crippen molar-refractivity contribution in [2.24, 2.45) is 0 Å². The smallest absolute Gasteiger partial charge is 0.254 e. The molecular formula is C24H28N2O3. The SMILES string of the molecule is Cc1c(NC(=O)Cc2ccc3c(c2)CCCC3)cccc1C(=O)N1CCOCC1. The molecule has 1 aliphatic heterocycles. The quantitative estimate of drug-likeness (QED) is 0.866. The van der Waals surface area contributed by atoms with Gasteiger partial charge in [-0.15, -0.1) is 0 Å². The van der Waals surface area contributed by atoms with Gasteiger partial charge in [-0.25, -0.2) is 0 Å². The van der Waals surface area contributed by atoms with E-state index in [4.69, 9.17) is 4.74 Å². The molecule has 1 saturated heterocycles. The Morgan fingerprint density at radius 3 is 2.59 bits per heavy atom. The average Bonchev–Trinajstić information content (AvgIpc) is 2.75. The number of amides is 2. The van der Waals surface area contributed by atoms with Crippen LogP contribution in [-0.4, -0.2) is 43.0 Å². The van der Waals surface area contributed by atoms with Crippen LogP contribution >= 0.6 is 0 Å². The van der Waals surface area contributed by atoms with Gasteiger partial charge in [-0.2, -0.15) is 0 Å². The second-order valence-electron chi connectivity index (χ2n) is 7.92. The molecule has 1 fully saturated rings. The summed E-state index contributed by atoms with van der Waals surface area (Å²) in [5, 5.41) is 3.00. The largest absolute Gasteiger partial charge is 0.378 e. The molecule has 0 bridgehead atoms. The van der Waals surface area contributed by atoms with Gasteiger partial charge in [0.15, 0.2) is 0 Å². The highest BCUT2D eigenvalue weighted by Crippen LogP contribution is 2.24. The topological polar surface area (TPSA) is 58.6 Å². The summed E-state index contributed by atoms with van der Waals surface area (Å²) in [6.07, 6.45) is 5.08. The number of hydrogen-bond donors (Lipinski definition) is 1. The third-order valence-electron chi connectivity index (χ3n) is 5.91. The van der Waals surface area contributed by atoms with Crippen molar-refractivity contribution in [1.29, 1.82) is 0 Å². The van der Waals surface area contributed by atoms with Crippen molar-refractivity contribution in [1.82, 2.24) is 4.90 Å². The number of aryl methyl sites for hydroxylation is 2. The predicted octanol–water partition coefficient (Wildman–Crippen LogP) is 3.53. The van der Waals surface area contributed by atoms with Crippen molar-refractivity contribution in [3.8, 4) is 0 Å². The second kappa shape index (κ2) is 8.78. The van der Waals surface area contributed by atoms with Gasteiger partial charge in [0.1, 0.15) is 0 Å². The highest BCUT2D eigenvalue weighted by molar-refractivity contribution is 5.99. The van der Waals surface area contributed by atoms with E-state index in [1.807, 2.05) is 30.0 Å². The number of hydrogen-bond acceptors (Lipinski definition) is 3. The first-order valence-corrected chi connectivity index (χ1v) is 10.5. The van der Waals surface area contributed by atoms with E-state index in [1.54, 1.807) is 0 Å². The van der Waals surface area contributed by atoms with Crippen LogP contribution in [0.2, 0.25) is 0 Å². The Bertz CT molecular complexity index is 916. The predicted molar refractivity (Wildman–Crippen MR) is 113 cm³/mol. The van der Waals surface area contributed by atoms with Crippen LogP contribution < -0.4 is 5.32 Å². The molecule has 4 rings (SSSR count). The zero-order valence-electron chi connectivity index (χ0n) is 17.0. The number of fused-ring (bicyclic) bond motifs is 1. The van der Waals surface area contributed by atoms with E-state index in [-0.39, 0.29) is 11.8 Å². The summed E-state index contributed by atoms with van der Waals surface area (Å²) in [6.45, 7) is 4.24. The summed E-state index contributed by atoms with van der Waals surface area (Å²) in [4.78, 5) is 27.3. The van der Waals surface area contributed by atoms with E-state index < -0.39 is 0 Å². The lowest BCUT2D eigenvalue weighted by molar-refractivity contribution is -0.115. The Morgan fingerprint density at radius 2 is 1.79 bits per heavy atom. The zero-order valence-corrected chi connectivity index (χ0v) is 17.0. The van der Waals surface area contributed by atoms with Crippen LogP contribution in [0.5, 0.6) is 0 Å². The minimum absolute atomic E-state index is 0.00316. The third-order valence-corrected chi connectivity index (χ3v) is 5.91. The van der Waals surface area contributed by atoms with Gasteiger partial charge in [-0.1, -0.05) is 24.3 Å². The number of nitrogens with one attached hydrogen (secondary N) is 1. The molecule has 0 atom stereocenters. The summed E-state index contributed by atoms with van der Waals surface area (Å²) in [5.74, 6) is -0.0589. The molecule has 2 aromatic carbocycles. The van der Waals surface area contributed by atoms with Gasteiger partial charge in [0.2, 0.25) is 5.91 Å². The second-order valence-corrected chi connectivity index (χ2v) is 7.92. The van der Waals surface area contributed by atoms with Crippen LogP contribution in [0.4, 0.5) is 5.69 Å². The van der Waals surface area contributed by atoms with Gasteiger partial charge in [-0.3, -0.25) is 9.59 Å². The van der Waals surface area contributed by atoms with E-state index in [1.165, 1.54) is 24.0 Å². The van der Waals surface area contributed by atoms with Crippen molar-refractivity contribution in [2.75, 3.05) is 31.6 Å². The molecule has 5 heteroatoms. The number of benzene rings is 2. The average molecular weight is 392 g/mol. The number of nitrogens with zero attached hydrogens (tertiary/aromatic N) is 1. The Balaban J connectivity index is 1.45. The first-order valence-electron chi connectivity index (χ1n) is 10.5. The fourth-order valence-electron chi connectivity index (χ4n) is 4.22. The summed E-state index contributed by atoms with van der Waals surface area (Å²) in [5.41, 5.74) is 6.00. The molecule has 0 aromatic heterocycles. The van der Waals surface area contributed by atoms with Crippen molar-refractivity contribution in [3.05, 3.63) is 64.2 Å². The van der Waals surface area contributed by atoms with E-state index in [0.29, 0.717) is 44.0 Å². The molecule has 5 nitrogen and oxygen atoms in total. The van der Waals surface area contributed by atoms with Crippen LogP contribution in [0.3, 0.4) is 0 Å². The van der Waals surface area contributed by atoms with E-state index in [9.17, 15) is 9.59 Å². The van der Waals surface area contributed by atoms with Gasteiger partial charge in [-0.05, 0) is 67.0 Å². The molecule has 152 valence electrons. The molecule has 2 amide bonds. The Kier molecular flexibility index (Phi) is 5.95. The molecule has 0 saturated carbocycles. The maximum atomic E-state index is 12.8. The molecule has 2 aromatic rings. The van der Waals surface area contributed by atoms with E-state index in [0.717, 1.165) is 24.0 Å². The monoisotopic (exact) mass is 392 g/mol. The summed E-state index contributed by atoms with van der Waals surface area (Å²) < 4.78 is 5.33. The number of anilines is 1. The molecule has 2 aliphatic rings.